The van der Waals surface area contributed by atoms with Crippen molar-refractivity contribution in [2.45, 2.75) is 48.5 Å². The van der Waals surface area contributed by atoms with Crippen LogP contribution in [0.1, 0.15) is 57.3 Å². The highest BCUT2D eigenvalue weighted by Crippen LogP contribution is 2.50. The molecule has 2 aliphatic carbocycles. The molecular formula is C38H30F6N6O8S2. The summed E-state index contributed by atoms with van der Waals surface area (Å²) in [6, 6.07) is 18.8. The summed E-state index contributed by atoms with van der Waals surface area (Å²) in [6.45, 7) is 2.96. The molecule has 314 valence electrons. The number of hydrazone groups is 2. The fourth-order valence-electron chi connectivity index (χ4n) is 7.83. The number of halogens is 6. The predicted molar refractivity (Wildman–Crippen MR) is 207 cm³/mol. The first-order valence-corrected chi connectivity index (χ1v) is 20.0. The van der Waals surface area contributed by atoms with Gasteiger partial charge in [0.05, 0.1) is 22.8 Å². The molecule has 0 saturated carbocycles. The lowest BCUT2D eigenvalue weighted by atomic mass is 9.74. The average molecular weight is 877 g/mol. The molecule has 2 unspecified atom stereocenters. The largest absolute Gasteiger partial charge is 0.473 e. The molecule has 0 aromatic heterocycles. The van der Waals surface area contributed by atoms with E-state index in [0.29, 0.717) is 11.1 Å². The molecule has 2 aliphatic rings. The SMILES string of the molecule is Cc1cc(-c2ccc(C3(S(=O)(=O)O)CC(=NN)C(=NC(=O)C(F)(F)F)c4ccccc43)c(C)c2)ccc1C1(S(=O)(=O)O)CC(=NN)C(=NC(=O)C(F)(F)F)c2ccccc21. The van der Waals surface area contributed by atoms with E-state index < -0.39 is 89.6 Å². The Kier molecular flexibility index (Phi) is 10.8. The van der Waals surface area contributed by atoms with Crippen LogP contribution in [0.3, 0.4) is 0 Å². The van der Waals surface area contributed by atoms with Crippen LogP contribution in [0.2, 0.25) is 0 Å². The van der Waals surface area contributed by atoms with E-state index in [1.54, 1.807) is 0 Å². The van der Waals surface area contributed by atoms with Gasteiger partial charge in [-0.1, -0.05) is 84.9 Å². The highest BCUT2D eigenvalue weighted by molar-refractivity contribution is 7.87. The van der Waals surface area contributed by atoms with Crippen LogP contribution in [0.5, 0.6) is 0 Å². The molecular weight excluding hydrogens is 847 g/mol. The molecule has 2 amide bonds. The van der Waals surface area contributed by atoms with Crippen LogP contribution in [0.25, 0.3) is 11.1 Å². The van der Waals surface area contributed by atoms with Gasteiger partial charge in [0.1, 0.15) is 0 Å². The number of carbonyl (C=O) groups is 2. The number of rotatable bonds is 5. The molecule has 6 rings (SSSR count). The molecule has 14 nitrogen and oxygen atoms in total. The average Bonchev–Trinajstić information content (AvgIpc) is 3.16. The van der Waals surface area contributed by atoms with Crippen LogP contribution < -0.4 is 11.7 Å². The van der Waals surface area contributed by atoms with Gasteiger partial charge in [-0.2, -0.15) is 53.4 Å². The number of hydrogen-bond acceptors (Lipinski definition) is 10. The van der Waals surface area contributed by atoms with Crippen molar-refractivity contribution < 1.29 is 61.9 Å². The number of nitrogens with zero attached hydrogens (tertiary/aromatic N) is 4. The topological polar surface area (TPSA) is 244 Å². The summed E-state index contributed by atoms with van der Waals surface area (Å²) in [4.78, 5) is 30.2. The van der Waals surface area contributed by atoms with Crippen LogP contribution in [-0.2, 0) is 39.3 Å². The summed E-state index contributed by atoms with van der Waals surface area (Å²) in [7, 11) is -10.5. The minimum atomic E-state index is -5.39. The first-order chi connectivity index (χ1) is 27.8. The summed E-state index contributed by atoms with van der Waals surface area (Å²) in [5, 5.41) is 6.94. The summed E-state index contributed by atoms with van der Waals surface area (Å²) in [5.41, 5.74) is -2.30. The molecule has 0 fully saturated rings. The lowest BCUT2D eigenvalue weighted by Crippen LogP contribution is -2.46. The number of benzene rings is 4. The smallest absolute Gasteiger partial charge is 0.323 e. The molecule has 0 aliphatic heterocycles. The van der Waals surface area contributed by atoms with E-state index in [1.165, 1.54) is 98.8 Å². The van der Waals surface area contributed by atoms with E-state index in [9.17, 15) is 61.9 Å². The van der Waals surface area contributed by atoms with Gasteiger partial charge >= 0.3 is 24.2 Å². The lowest BCUT2D eigenvalue weighted by molar-refractivity contribution is -0.169. The van der Waals surface area contributed by atoms with Gasteiger partial charge in [-0.15, -0.1) is 0 Å². The first-order valence-electron chi connectivity index (χ1n) is 17.1. The van der Waals surface area contributed by atoms with Crippen LogP contribution >= 0.6 is 0 Å². The minimum absolute atomic E-state index is 0.0592. The number of aryl methyl sites for hydroxylation is 2. The van der Waals surface area contributed by atoms with Gasteiger partial charge in [-0.25, -0.2) is 9.98 Å². The van der Waals surface area contributed by atoms with Gasteiger partial charge < -0.3 is 11.7 Å². The Hall–Kier alpha value is -6.10. The Morgan fingerprint density at radius 1 is 0.583 bits per heavy atom. The molecule has 0 heterocycles. The van der Waals surface area contributed by atoms with Crippen molar-refractivity contribution >= 4 is 54.9 Å². The van der Waals surface area contributed by atoms with Crippen molar-refractivity contribution in [2.24, 2.45) is 31.9 Å². The number of amides is 2. The van der Waals surface area contributed by atoms with Gasteiger partial charge in [-0.3, -0.25) is 18.7 Å². The van der Waals surface area contributed by atoms with Crippen LogP contribution in [0.4, 0.5) is 26.3 Å². The second kappa shape index (κ2) is 14.9. The zero-order valence-corrected chi connectivity index (χ0v) is 32.5. The van der Waals surface area contributed by atoms with E-state index in [-0.39, 0.29) is 44.5 Å². The zero-order chi connectivity index (χ0) is 44.4. The summed E-state index contributed by atoms with van der Waals surface area (Å²) < 4.78 is 151. The Bertz CT molecular complexity index is 2660. The Balaban J connectivity index is 1.51. The molecule has 0 radical (unpaired) electrons. The monoisotopic (exact) mass is 876 g/mol. The second-order valence-electron chi connectivity index (χ2n) is 13.8. The van der Waals surface area contributed by atoms with E-state index in [0.717, 1.165) is 0 Å². The maximum Gasteiger partial charge on any atom is 0.473 e. The summed E-state index contributed by atoms with van der Waals surface area (Å²) >= 11 is 0. The number of alkyl halides is 6. The van der Waals surface area contributed by atoms with Gasteiger partial charge in [0.15, 0.2) is 9.49 Å². The third kappa shape index (κ3) is 7.07. The second-order valence-corrected chi connectivity index (χ2v) is 17.1. The van der Waals surface area contributed by atoms with Crippen LogP contribution in [0.15, 0.2) is 105 Å². The fraction of sp³-hybridized carbons (Fsp3) is 0.211. The van der Waals surface area contributed by atoms with Crippen molar-refractivity contribution in [1.29, 1.82) is 0 Å². The van der Waals surface area contributed by atoms with Crippen LogP contribution in [-0.4, -0.2) is 73.0 Å². The number of hydrogen-bond donors (Lipinski definition) is 4. The molecule has 60 heavy (non-hydrogen) atoms. The van der Waals surface area contributed by atoms with Crippen LogP contribution in [0, 0.1) is 13.8 Å². The Morgan fingerprint density at radius 3 is 1.20 bits per heavy atom. The Labute approximate surface area is 336 Å². The van der Waals surface area contributed by atoms with Gasteiger partial charge in [0, 0.05) is 24.0 Å². The Morgan fingerprint density at radius 2 is 0.917 bits per heavy atom. The lowest BCUT2D eigenvalue weighted by Gasteiger charge is -2.39. The molecule has 4 aromatic carbocycles. The van der Waals surface area contributed by atoms with Gasteiger partial charge in [-0.05, 0) is 58.4 Å². The normalized spacial score (nSPS) is 22.5. The third-order valence-electron chi connectivity index (χ3n) is 10.4. The molecule has 6 N–H and O–H groups in total. The number of nitrogens with two attached hydrogens (primary N) is 2. The fourth-order valence-corrected chi connectivity index (χ4v) is 10.4. The minimum Gasteiger partial charge on any atom is -0.323 e. The molecule has 0 bridgehead atoms. The molecule has 22 heteroatoms. The van der Waals surface area contributed by atoms with Crippen molar-refractivity contribution in [3.63, 3.8) is 0 Å². The van der Waals surface area contributed by atoms with E-state index in [2.05, 4.69) is 20.2 Å². The molecule has 0 spiro atoms. The predicted octanol–water partition coefficient (Wildman–Crippen LogP) is 5.43. The zero-order valence-electron chi connectivity index (χ0n) is 30.9. The number of fused-ring (bicyclic) bond motifs is 2. The maximum atomic E-state index is 13.5. The van der Waals surface area contributed by atoms with Crippen molar-refractivity contribution in [2.75, 3.05) is 0 Å². The maximum absolute atomic E-state index is 13.5. The summed E-state index contributed by atoms with van der Waals surface area (Å²) in [6.07, 6.45) is -12.5. The summed E-state index contributed by atoms with van der Waals surface area (Å²) in [5.74, 6) is 6.04. The van der Waals surface area contributed by atoms with E-state index in [4.69, 9.17) is 11.7 Å². The third-order valence-corrected chi connectivity index (χ3v) is 13.3. The number of carbonyl (C=O) groups excluding carboxylic acids is 2. The highest BCUT2D eigenvalue weighted by Gasteiger charge is 2.55. The van der Waals surface area contributed by atoms with Gasteiger partial charge in [0.2, 0.25) is 0 Å². The first kappa shape index (κ1) is 43.5. The standard InChI is InChI=1S/C38H30F6N6O8S2/c1-19-15-21(11-13-25(19)35(59(53,54)55)17-29(49-45)31(47-33(51)37(39,40)41)23-7-3-5-9-27(23)35)22-12-14-26(20(2)16-22)36(60(56,57)58)18-30(50-46)32(48-34(52)38(42,43)44)24-8-4-6-10-28(24)36/h3-16H,17-18,45-46H2,1-2H3,(H,53,54,55)(H,56,57,58). The van der Waals surface area contributed by atoms with Gasteiger partial charge in [0.25, 0.3) is 20.2 Å². The highest BCUT2D eigenvalue weighted by atomic mass is 32.2. The van der Waals surface area contributed by atoms with Crippen molar-refractivity contribution in [3.05, 3.63) is 129 Å². The quantitative estimate of drug-likeness (QED) is 0.0858. The van der Waals surface area contributed by atoms with Crippen molar-refractivity contribution in [1.82, 2.24) is 0 Å². The molecule has 0 saturated heterocycles. The molecule has 2 atom stereocenters. The number of aliphatic imine (C=N–C) groups is 2. The molecule has 4 aromatic rings. The van der Waals surface area contributed by atoms with E-state index in [1.807, 2.05) is 0 Å². The van der Waals surface area contributed by atoms with Crippen molar-refractivity contribution in [3.8, 4) is 11.1 Å². The van der Waals surface area contributed by atoms with E-state index >= 15 is 0 Å².